The molecule has 1 atom stereocenters. The first-order valence-corrected chi connectivity index (χ1v) is 6.78. The van der Waals surface area contributed by atoms with Crippen molar-refractivity contribution in [3.05, 3.63) is 17.5 Å². The van der Waals surface area contributed by atoms with Crippen LogP contribution in [0.25, 0.3) is 0 Å². The fraction of sp³-hybridized carbons (Fsp3) is 0.714. The summed E-state index contributed by atoms with van der Waals surface area (Å²) < 4.78 is 7.27. The number of amides is 1. The van der Waals surface area contributed by atoms with E-state index in [1.807, 2.05) is 40.9 Å². The third-order valence-corrected chi connectivity index (χ3v) is 3.25. The van der Waals surface area contributed by atoms with Crippen LogP contribution < -0.4 is 0 Å². The van der Waals surface area contributed by atoms with Gasteiger partial charge in [0.2, 0.25) is 0 Å². The van der Waals surface area contributed by atoms with Gasteiger partial charge in [-0.15, -0.1) is 0 Å². The number of hydrogen-bond donors (Lipinski definition) is 0. The topological polar surface area (TPSA) is 47.4 Å². The maximum atomic E-state index is 12.2. The van der Waals surface area contributed by atoms with Crippen molar-refractivity contribution in [1.29, 1.82) is 0 Å². The molecule has 1 aliphatic heterocycles. The summed E-state index contributed by atoms with van der Waals surface area (Å²) in [6, 6.07) is 0.0519. The average molecular weight is 265 g/mol. The number of rotatable bonds is 1. The maximum Gasteiger partial charge on any atom is 0.410 e. The number of aryl methyl sites for hydroxylation is 2. The first kappa shape index (κ1) is 13.9. The zero-order valence-electron chi connectivity index (χ0n) is 12.4. The molecule has 1 unspecified atom stereocenters. The van der Waals surface area contributed by atoms with Crippen LogP contribution in [0.4, 0.5) is 4.79 Å². The number of aromatic nitrogens is 2. The molecule has 19 heavy (non-hydrogen) atoms. The minimum atomic E-state index is -0.455. The number of likely N-dealkylation sites (tertiary alicyclic amines) is 1. The first-order valence-electron chi connectivity index (χ1n) is 6.78. The van der Waals surface area contributed by atoms with E-state index in [1.54, 1.807) is 9.58 Å². The third kappa shape index (κ3) is 3.08. The molecule has 1 aromatic heterocycles. The zero-order chi connectivity index (χ0) is 14.2. The van der Waals surface area contributed by atoms with Gasteiger partial charge in [0.25, 0.3) is 0 Å². The Labute approximate surface area is 114 Å². The summed E-state index contributed by atoms with van der Waals surface area (Å²) in [5.41, 5.74) is 1.66. The Hall–Kier alpha value is -1.52. The minimum Gasteiger partial charge on any atom is -0.444 e. The van der Waals surface area contributed by atoms with E-state index in [-0.39, 0.29) is 12.1 Å². The largest absolute Gasteiger partial charge is 0.444 e. The number of nitrogens with zero attached hydrogens (tertiary/aromatic N) is 3. The predicted octanol–water partition coefficient (Wildman–Crippen LogP) is 2.80. The normalized spacial score (nSPS) is 19.8. The monoisotopic (exact) mass is 265 g/mol. The van der Waals surface area contributed by atoms with Crippen molar-refractivity contribution in [3.8, 4) is 0 Å². The van der Waals surface area contributed by atoms with Gasteiger partial charge in [0.15, 0.2) is 0 Å². The summed E-state index contributed by atoms with van der Waals surface area (Å²) in [6.07, 6.45) is 3.71. The van der Waals surface area contributed by atoms with Gasteiger partial charge >= 0.3 is 6.09 Å². The van der Waals surface area contributed by atoms with Crippen LogP contribution in [0.2, 0.25) is 0 Å². The zero-order valence-corrected chi connectivity index (χ0v) is 12.4. The Morgan fingerprint density at radius 2 is 2.16 bits per heavy atom. The van der Waals surface area contributed by atoms with E-state index < -0.39 is 5.60 Å². The Kier molecular flexibility index (Phi) is 3.56. The number of ether oxygens (including phenoxy) is 1. The molecule has 1 aromatic rings. The second-order valence-electron chi connectivity index (χ2n) is 6.20. The van der Waals surface area contributed by atoms with Gasteiger partial charge in [0.1, 0.15) is 5.60 Å². The lowest BCUT2D eigenvalue weighted by atomic mass is 10.1. The molecule has 106 valence electrons. The van der Waals surface area contributed by atoms with Gasteiger partial charge in [-0.3, -0.25) is 9.58 Å². The highest BCUT2D eigenvalue weighted by atomic mass is 16.6. The number of carbonyl (C=O) groups excluding carboxylic acids is 1. The van der Waals surface area contributed by atoms with E-state index >= 15 is 0 Å². The molecule has 0 N–H and O–H groups in total. The summed E-state index contributed by atoms with van der Waals surface area (Å²) in [6.45, 7) is 8.45. The second kappa shape index (κ2) is 4.87. The Bertz CT molecular complexity index is 474. The fourth-order valence-corrected chi connectivity index (χ4v) is 2.54. The molecule has 0 spiro atoms. The highest BCUT2D eigenvalue weighted by Crippen LogP contribution is 2.33. The first-order chi connectivity index (χ1) is 8.78. The van der Waals surface area contributed by atoms with Gasteiger partial charge in [0, 0.05) is 19.8 Å². The van der Waals surface area contributed by atoms with E-state index in [9.17, 15) is 4.79 Å². The van der Waals surface area contributed by atoms with Crippen LogP contribution in [0.1, 0.15) is 50.9 Å². The summed E-state index contributed by atoms with van der Waals surface area (Å²) >= 11 is 0. The Morgan fingerprint density at radius 1 is 1.47 bits per heavy atom. The van der Waals surface area contributed by atoms with Gasteiger partial charge < -0.3 is 4.74 Å². The number of hydrogen-bond acceptors (Lipinski definition) is 3. The Balaban J connectivity index is 2.17. The van der Waals surface area contributed by atoms with E-state index in [0.717, 1.165) is 30.6 Å². The summed E-state index contributed by atoms with van der Waals surface area (Å²) in [4.78, 5) is 14.0. The molecule has 1 aliphatic rings. The molecular formula is C14H23N3O2. The fourth-order valence-electron chi connectivity index (χ4n) is 2.54. The third-order valence-electron chi connectivity index (χ3n) is 3.25. The van der Waals surface area contributed by atoms with E-state index in [4.69, 9.17) is 4.74 Å². The Morgan fingerprint density at radius 3 is 2.68 bits per heavy atom. The van der Waals surface area contributed by atoms with Crippen LogP contribution in [0.5, 0.6) is 0 Å². The van der Waals surface area contributed by atoms with Crippen LogP contribution in [0, 0.1) is 6.92 Å². The van der Waals surface area contributed by atoms with Crippen LogP contribution in [-0.4, -0.2) is 32.9 Å². The molecular weight excluding hydrogens is 242 g/mol. The van der Waals surface area contributed by atoms with Crippen molar-refractivity contribution in [1.82, 2.24) is 14.7 Å². The second-order valence-corrected chi connectivity index (χ2v) is 6.20. The molecule has 2 rings (SSSR count). The molecule has 0 bridgehead atoms. The SMILES string of the molecule is Cc1cn(C)nc1C1CCCN1C(=O)OC(C)(C)C. The van der Waals surface area contributed by atoms with Crippen LogP contribution in [0.15, 0.2) is 6.20 Å². The van der Waals surface area contributed by atoms with Gasteiger partial charge in [-0.25, -0.2) is 4.79 Å². The molecule has 0 radical (unpaired) electrons. The van der Waals surface area contributed by atoms with E-state index in [1.165, 1.54) is 0 Å². The van der Waals surface area contributed by atoms with E-state index in [2.05, 4.69) is 5.10 Å². The van der Waals surface area contributed by atoms with Crippen molar-refractivity contribution in [2.75, 3.05) is 6.54 Å². The molecule has 5 nitrogen and oxygen atoms in total. The van der Waals surface area contributed by atoms with Crippen molar-refractivity contribution < 1.29 is 9.53 Å². The molecule has 1 amide bonds. The highest BCUT2D eigenvalue weighted by Gasteiger charge is 2.35. The molecule has 1 fully saturated rings. The van der Waals surface area contributed by atoms with Crippen LogP contribution in [-0.2, 0) is 11.8 Å². The molecule has 2 heterocycles. The van der Waals surface area contributed by atoms with Gasteiger partial charge in [-0.1, -0.05) is 0 Å². The van der Waals surface area contributed by atoms with Crippen LogP contribution >= 0.6 is 0 Å². The van der Waals surface area contributed by atoms with Crippen molar-refractivity contribution in [3.63, 3.8) is 0 Å². The lowest BCUT2D eigenvalue weighted by Crippen LogP contribution is -2.36. The van der Waals surface area contributed by atoms with Crippen molar-refractivity contribution >= 4 is 6.09 Å². The van der Waals surface area contributed by atoms with E-state index in [0.29, 0.717) is 0 Å². The van der Waals surface area contributed by atoms with Gasteiger partial charge in [0.05, 0.1) is 11.7 Å². The maximum absolute atomic E-state index is 12.2. The predicted molar refractivity (Wildman–Crippen MR) is 72.9 cm³/mol. The quantitative estimate of drug-likeness (QED) is 0.784. The minimum absolute atomic E-state index is 0.0519. The van der Waals surface area contributed by atoms with Gasteiger partial charge in [-0.2, -0.15) is 5.10 Å². The standard InChI is InChI=1S/C14H23N3O2/c1-10-9-16(5)15-12(10)11-7-6-8-17(11)13(18)19-14(2,3)4/h9,11H,6-8H2,1-5H3. The number of carbonyl (C=O) groups is 1. The van der Waals surface area contributed by atoms with Gasteiger partial charge in [-0.05, 0) is 46.1 Å². The van der Waals surface area contributed by atoms with Crippen molar-refractivity contribution in [2.24, 2.45) is 7.05 Å². The smallest absolute Gasteiger partial charge is 0.410 e. The van der Waals surface area contributed by atoms with Crippen molar-refractivity contribution in [2.45, 2.75) is 52.2 Å². The summed E-state index contributed by atoms with van der Waals surface area (Å²) in [7, 11) is 1.91. The lowest BCUT2D eigenvalue weighted by Gasteiger charge is -2.28. The molecule has 0 aliphatic carbocycles. The summed E-state index contributed by atoms with van der Waals surface area (Å²) in [5.74, 6) is 0. The van der Waals surface area contributed by atoms with Crippen LogP contribution in [0.3, 0.4) is 0 Å². The molecule has 0 aromatic carbocycles. The lowest BCUT2D eigenvalue weighted by molar-refractivity contribution is 0.0221. The molecule has 0 saturated carbocycles. The average Bonchev–Trinajstić information content (AvgIpc) is 2.81. The summed E-state index contributed by atoms with van der Waals surface area (Å²) in [5, 5.41) is 4.49. The molecule has 5 heteroatoms. The molecule has 1 saturated heterocycles. The highest BCUT2D eigenvalue weighted by molar-refractivity contribution is 5.69.